The molecule has 0 amide bonds. The minimum atomic E-state index is 0.156. The molecule has 4 aliphatic rings. The molecule has 1 fully saturated rings. The summed E-state index contributed by atoms with van der Waals surface area (Å²) < 4.78 is 0. The maximum Gasteiger partial charge on any atom is 0.0522 e. The van der Waals surface area contributed by atoms with Gasteiger partial charge in [0.1, 0.15) is 0 Å². The fourth-order valence-electron chi connectivity index (χ4n) is 5.14. The molecule has 3 heteroatoms. The Morgan fingerprint density at radius 2 is 1.92 bits per heavy atom. The Bertz CT molecular complexity index is 778. The van der Waals surface area contributed by atoms with Crippen LogP contribution in [0.2, 0.25) is 0 Å². The average molecular weight is 319 g/mol. The standard InChI is InChI=1S/C21H25N3/c1-23-13-11-21(12-14-23)19-16-8-4-6-10-18(16)24(2)20(19)15-7-3-5-9-17(15)22-21/h3-6,8-10,19,22H,7,11-14H2,1-2H3. The van der Waals surface area contributed by atoms with Crippen molar-refractivity contribution in [1.29, 1.82) is 0 Å². The van der Waals surface area contributed by atoms with Crippen molar-refractivity contribution in [3.63, 3.8) is 0 Å². The molecule has 1 unspecified atom stereocenters. The van der Waals surface area contributed by atoms with E-state index in [0.717, 1.165) is 6.42 Å². The van der Waals surface area contributed by atoms with Crippen molar-refractivity contribution >= 4 is 5.69 Å². The number of benzene rings is 1. The second-order valence-corrected chi connectivity index (χ2v) is 7.71. The van der Waals surface area contributed by atoms with Crippen LogP contribution in [0.3, 0.4) is 0 Å². The first-order chi connectivity index (χ1) is 11.7. The van der Waals surface area contributed by atoms with Crippen LogP contribution in [0.1, 0.15) is 30.7 Å². The zero-order valence-corrected chi connectivity index (χ0v) is 14.5. The van der Waals surface area contributed by atoms with Gasteiger partial charge in [0, 0.05) is 43.1 Å². The molecule has 24 heavy (non-hydrogen) atoms. The number of rotatable bonds is 0. The van der Waals surface area contributed by atoms with Gasteiger partial charge in [-0.15, -0.1) is 0 Å². The topological polar surface area (TPSA) is 18.5 Å². The Morgan fingerprint density at radius 3 is 2.75 bits per heavy atom. The molecular weight excluding hydrogens is 294 g/mol. The van der Waals surface area contributed by atoms with E-state index in [9.17, 15) is 0 Å². The monoisotopic (exact) mass is 319 g/mol. The zero-order valence-electron chi connectivity index (χ0n) is 14.5. The maximum absolute atomic E-state index is 4.02. The van der Waals surface area contributed by atoms with Gasteiger partial charge in [0.2, 0.25) is 0 Å². The lowest BCUT2D eigenvalue weighted by atomic mass is 9.68. The number of anilines is 1. The minimum absolute atomic E-state index is 0.156. The van der Waals surface area contributed by atoms with E-state index in [1.54, 1.807) is 0 Å². The van der Waals surface area contributed by atoms with Gasteiger partial charge in [-0.1, -0.05) is 30.4 Å². The van der Waals surface area contributed by atoms with Gasteiger partial charge in [-0.25, -0.2) is 0 Å². The number of piperidine rings is 1. The number of allylic oxidation sites excluding steroid dienone is 4. The normalized spacial score (nSPS) is 27.5. The van der Waals surface area contributed by atoms with E-state index in [-0.39, 0.29) is 5.54 Å². The Labute approximate surface area is 144 Å². The largest absolute Gasteiger partial charge is 0.378 e. The van der Waals surface area contributed by atoms with Gasteiger partial charge in [-0.3, -0.25) is 0 Å². The van der Waals surface area contributed by atoms with Crippen molar-refractivity contribution in [2.75, 3.05) is 32.1 Å². The van der Waals surface area contributed by atoms with Gasteiger partial charge < -0.3 is 15.1 Å². The lowest BCUT2D eigenvalue weighted by Crippen LogP contribution is -2.58. The lowest BCUT2D eigenvalue weighted by Gasteiger charge is -2.51. The Hall–Kier alpha value is -2.00. The first kappa shape index (κ1) is 14.4. The van der Waals surface area contributed by atoms with Crippen LogP contribution in [0, 0.1) is 0 Å². The number of likely N-dealkylation sites (N-methyl/N-ethyl adjacent to an activating group) is 1. The number of fused-ring (bicyclic) bond motifs is 5. The number of hydrogen-bond donors (Lipinski definition) is 1. The van der Waals surface area contributed by atoms with E-state index < -0.39 is 0 Å². The molecule has 1 aromatic carbocycles. The van der Waals surface area contributed by atoms with Crippen LogP contribution >= 0.6 is 0 Å². The summed E-state index contributed by atoms with van der Waals surface area (Å²) in [5, 5.41) is 4.02. The van der Waals surface area contributed by atoms with Gasteiger partial charge in [0.25, 0.3) is 0 Å². The van der Waals surface area contributed by atoms with Crippen LogP contribution in [0.5, 0.6) is 0 Å². The summed E-state index contributed by atoms with van der Waals surface area (Å²) in [6.45, 7) is 2.34. The summed E-state index contributed by atoms with van der Waals surface area (Å²) >= 11 is 0. The summed E-state index contributed by atoms with van der Waals surface area (Å²) in [4.78, 5) is 4.93. The van der Waals surface area contributed by atoms with E-state index in [4.69, 9.17) is 0 Å². The van der Waals surface area contributed by atoms with Gasteiger partial charge >= 0.3 is 0 Å². The van der Waals surface area contributed by atoms with Gasteiger partial charge in [0.15, 0.2) is 0 Å². The van der Waals surface area contributed by atoms with Gasteiger partial charge in [-0.05, 0) is 49.6 Å². The molecule has 124 valence electrons. The molecule has 1 atom stereocenters. The summed E-state index contributed by atoms with van der Waals surface area (Å²) in [7, 11) is 4.50. The molecule has 3 nitrogen and oxygen atoms in total. The first-order valence-electron chi connectivity index (χ1n) is 9.09. The predicted molar refractivity (Wildman–Crippen MR) is 99.0 cm³/mol. The number of likely N-dealkylation sites (tertiary alicyclic amines) is 1. The van der Waals surface area contributed by atoms with Crippen molar-refractivity contribution in [2.45, 2.75) is 30.7 Å². The summed E-state index contributed by atoms with van der Waals surface area (Å²) in [5.41, 5.74) is 7.44. The van der Waals surface area contributed by atoms with Gasteiger partial charge in [-0.2, -0.15) is 0 Å². The van der Waals surface area contributed by atoms with Gasteiger partial charge in [0.05, 0.1) is 5.54 Å². The highest BCUT2D eigenvalue weighted by Crippen LogP contribution is 2.55. The third kappa shape index (κ3) is 1.82. The van der Waals surface area contributed by atoms with Crippen LogP contribution < -0.4 is 10.2 Å². The van der Waals surface area contributed by atoms with E-state index >= 15 is 0 Å². The highest BCUT2D eigenvalue weighted by atomic mass is 15.2. The van der Waals surface area contributed by atoms with Crippen molar-refractivity contribution in [1.82, 2.24) is 10.2 Å². The Morgan fingerprint density at radius 1 is 1.12 bits per heavy atom. The fourth-order valence-corrected chi connectivity index (χ4v) is 5.14. The van der Waals surface area contributed by atoms with Crippen molar-refractivity contribution < 1.29 is 0 Å². The average Bonchev–Trinajstić information content (AvgIpc) is 2.93. The molecule has 0 saturated carbocycles. The smallest absolute Gasteiger partial charge is 0.0522 e. The summed E-state index contributed by atoms with van der Waals surface area (Å²) in [6, 6.07) is 9.00. The summed E-state index contributed by atoms with van der Waals surface area (Å²) in [6.07, 6.45) is 10.2. The van der Waals surface area contributed by atoms with Crippen molar-refractivity contribution in [3.8, 4) is 0 Å². The number of nitrogens with one attached hydrogen (secondary N) is 1. The van der Waals surface area contributed by atoms with Crippen molar-refractivity contribution in [2.24, 2.45) is 0 Å². The van der Waals surface area contributed by atoms with E-state index in [0.29, 0.717) is 5.92 Å². The second kappa shape index (κ2) is 5.00. The molecule has 1 N–H and O–H groups in total. The highest BCUT2D eigenvalue weighted by Gasteiger charge is 2.52. The van der Waals surface area contributed by atoms with Crippen LogP contribution in [0.15, 0.2) is 59.5 Å². The molecule has 1 aliphatic carbocycles. The zero-order chi connectivity index (χ0) is 16.3. The molecule has 0 aromatic heterocycles. The molecule has 1 aromatic rings. The van der Waals surface area contributed by atoms with Crippen LogP contribution in [-0.2, 0) is 0 Å². The van der Waals surface area contributed by atoms with Crippen LogP contribution in [0.25, 0.3) is 0 Å². The number of hydrogen-bond acceptors (Lipinski definition) is 3. The quantitative estimate of drug-likeness (QED) is 0.791. The summed E-state index contributed by atoms with van der Waals surface area (Å²) in [5.74, 6) is 0.478. The molecule has 3 heterocycles. The van der Waals surface area contributed by atoms with E-state index in [1.807, 2.05) is 0 Å². The van der Waals surface area contributed by atoms with E-state index in [1.165, 1.54) is 54.1 Å². The Balaban J connectivity index is 1.73. The van der Waals surface area contributed by atoms with Crippen LogP contribution in [-0.4, -0.2) is 37.6 Å². The number of para-hydroxylation sites is 1. The molecule has 0 radical (unpaired) electrons. The third-order valence-electron chi connectivity index (χ3n) is 6.41. The Kier molecular flexibility index (Phi) is 2.99. The number of nitrogens with zero attached hydrogens (tertiary/aromatic N) is 2. The lowest BCUT2D eigenvalue weighted by molar-refractivity contribution is 0.147. The molecule has 1 spiro atoms. The molecule has 0 bridgehead atoms. The first-order valence-corrected chi connectivity index (χ1v) is 9.09. The van der Waals surface area contributed by atoms with E-state index in [2.05, 4.69) is 71.7 Å². The van der Waals surface area contributed by atoms with Crippen molar-refractivity contribution in [3.05, 3.63) is 65.0 Å². The minimum Gasteiger partial charge on any atom is -0.378 e. The molecule has 3 aliphatic heterocycles. The third-order valence-corrected chi connectivity index (χ3v) is 6.41. The fraction of sp³-hybridized carbons (Fsp3) is 0.429. The maximum atomic E-state index is 4.02. The van der Waals surface area contributed by atoms with Crippen LogP contribution in [0.4, 0.5) is 5.69 Å². The molecular formula is C21H25N3. The second-order valence-electron chi connectivity index (χ2n) is 7.71. The highest BCUT2D eigenvalue weighted by molar-refractivity contribution is 5.72. The SMILES string of the molecule is CN1CCC2(CC1)NC1=CC=CCC1=C1C2c2ccccc2N1C. The molecule has 1 saturated heterocycles. The molecule has 5 rings (SSSR count). The predicted octanol–water partition coefficient (Wildman–Crippen LogP) is 3.39.